The van der Waals surface area contributed by atoms with E-state index in [9.17, 15) is 0 Å². The van der Waals surface area contributed by atoms with Gasteiger partial charge in [-0.3, -0.25) is 0 Å². The molecule has 4 heteroatoms. The molecule has 2 aromatic heterocycles. The van der Waals surface area contributed by atoms with E-state index in [4.69, 9.17) is 13.8 Å². The molecule has 56 heavy (non-hydrogen) atoms. The Labute approximate surface area is 323 Å². The van der Waals surface area contributed by atoms with Crippen LogP contribution in [0.4, 0.5) is 17.1 Å². The van der Waals surface area contributed by atoms with E-state index in [1.54, 1.807) is 0 Å². The Kier molecular flexibility index (Phi) is 7.36. The minimum absolute atomic E-state index is 0.621. The molecule has 0 spiro atoms. The quantitative estimate of drug-likeness (QED) is 0.161. The molecule has 0 unspecified atom stereocenters. The summed E-state index contributed by atoms with van der Waals surface area (Å²) in [5.41, 5.74) is 13.4. The van der Waals surface area contributed by atoms with Gasteiger partial charge in [0, 0.05) is 38.8 Å². The standard InChI is InChI=1S/C52H34N2O2/c1-33-30-40(27-28-42(33)43-19-11-21-48-50(43)44-18-8-9-20-47(44)55-48)54(39-17-10-16-38(31-39)34-12-4-2-5-13-34)41-26-24-35-22-23-36-25-29-46-51(49(36)45(35)32-41)56-52(53-46)37-14-6-3-7-15-37/h2-32H,1H3. The highest BCUT2D eigenvalue weighted by Crippen LogP contribution is 2.43. The molecule has 0 aliphatic rings. The van der Waals surface area contributed by atoms with E-state index < -0.39 is 0 Å². The number of furan rings is 1. The van der Waals surface area contributed by atoms with Gasteiger partial charge in [-0.25, -0.2) is 4.98 Å². The Morgan fingerprint density at radius 3 is 1.95 bits per heavy atom. The van der Waals surface area contributed by atoms with Crippen LogP contribution in [0, 0.1) is 6.92 Å². The van der Waals surface area contributed by atoms with Gasteiger partial charge in [0.15, 0.2) is 5.58 Å². The summed E-state index contributed by atoms with van der Waals surface area (Å²) in [4.78, 5) is 7.29. The molecule has 2 heterocycles. The van der Waals surface area contributed by atoms with Gasteiger partial charge in [-0.15, -0.1) is 0 Å². The third kappa shape index (κ3) is 5.26. The van der Waals surface area contributed by atoms with Crippen molar-refractivity contribution >= 4 is 71.6 Å². The molecule has 0 bridgehead atoms. The maximum atomic E-state index is 6.60. The van der Waals surface area contributed by atoms with Crippen LogP contribution in [-0.4, -0.2) is 4.98 Å². The fourth-order valence-corrected chi connectivity index (χ4v) is 8.34. The van der Waals surface area contributed by atoms with Crippen molar-refractivity contribution in [1.29, 1.82) is 0 Å². The smallest absolute Gasteiger partial charge is 0.227 e. The Morgan fingerprint density at radius 1 is 0.429 bits per heavy atom. The predicted molar refractivity (Wildman–Crippen MR) is 232 cm³/mol. The van der Waals surface area contributed by atoms with Crippen LogP contribution in [0.1, 0.15) is 5.56 Å². The van der Waals surface area contributed by atoms with Crippen LogP contribution in [0.15, 0.2) is 197 Å². The Hall–Kier alpha value is -7.43. The normalized spacial score (nSPS) is 11.7. The summed E-state index contributed by atoms with van der Waals surface area (Å²) in [6.07, 6.45) is 0. The molecule has 0 N–H and O–H groups in total. The number of fused-ring (bicyclic) bond motifs is 8. The number of nitrogens with zero attached hydrogens (tertiary/aromatic N) is 2. The highest BCUT2D eigenvalue weighted by Gasteiger charge is 2.20. The molecule has 0 aliphatic carbocycles. The molecule has 0 aliphatic heterocycles. The Morgan fingerprint density at radius 2 is 1.09 bits per heavy atom. The monoisotopic (exact) mass is 718 g/mol. The van der Waals surface area contributed by atoms with Crippen molar-refractivity contribution in [2.24, 2.45) is 0 Å². The SMILES string of the molecule is Cc1cc(N(c2cccc(-c3ccccc3)c2)c2ccc3ccc4ccc5nc(-c6ccccc6)oc5c4c3c2)ccc1-c1cccc2oc3ccccc3c12. The maximum Gasteiger partial charge on any atom is 0.227 e. The third-order valence-corrected chi connectivity index (χ3v) is 11.0. The summed E-state index contributed by atoms with van der Waals surface area (Å²) in [5, 5.41) is 6.68. The number of para-hydroxylation sites is 1. The number of rotatable bonds is 6. The van der Waals surface area contributed by atoms with Crippen molar-refractivity contribution < 1.29 is 8.83 Å². The van der Waals surface area contributed by atoms with Crippen LogP contribution >= 0.6 is 0 Å². The molecule has 0 saturated carbocycles. The van der Waals surface area contributed by atoms with E-state index >= 15 is 0 Å². The second-order valence-corrected chi connectivity index (χ2v) is 14.4. The minimum atomic E-state index is 0.621. The lowest BCUT2D eigenvalue weighted by Crippen LogP contribution is -2.10. The lowest BCUT2D eigenvalue weighted by Gasteiger charge is -2.27. The maximum absolute atomic E-state index is 6.60. The van der Waals surface area contributed by atoms with Crippen LogP contribution in [0.3, 0.4) is 0 Å². The van der Waals surface area contributed by atoms with E-state index in [-0.39, 0.29) is 0 Å². The van der Waals surface area contributed by atoms with E-state index in [1.807, 2.05) is 42.5 Å². The summed E-state index contributed by atoms with van der Waals surface area (Å²) in [6, 6.07) is 66.3. The lowest BCUT2D eigenvalue weighted by molar-refractivity contribution is 0.623. The minimum Gasteiger partial charge on any atom is -0.456 e. The first-order valence-corrected chi connectivity index (χ1v) is 18.9. The van der Waals surface area contributed by atoms with E-state index in [2.05, 4.69) is 157 Å². The summed E-state index contributed by atoms with van der Waals surface area (Å²) in [6.45, 7) is 2.21. The molecule has 4 nitrogen and oxygen atoms in total. The van der Waals surface area contributed by atoms with Gasteiger partial charge in [-0.2, -0.15) is 0 Å². The van der Waals surface area contributed by atoms with Crippen LogP contribution in [0.2, 0.25) is 0 Å². The summed E-state index contributed by atoms with van der Waals surface area (Å²) >= 11 is 0. The van der Waals surface area contributed by atoms with Crippen molar-refractivity contribution in [3.05, 3.63) is 194 Å². The van der Waals surface area contributed by atoms with Gasteiger partial charge in [-0.05, 0) is 118 Å². The number of hydrogen-bond donors (Lipinski definition) is 0. The molecule has 11 aromatic rings. The first-order valence-electron chi connectivity index (χ1n) is 18.9. The molecule has 11 rings (SSSR count). The average molecular weight is 719 g/mol. The number of hydrogen-bond acceptors (Lipinski definition) is 4. The molecule has 0 fully saturated rings. The highest BCUT2D eigenvalue weighted by atomic mass is 16.3. The first-order chi connectivity index (χ1) is 27.7. The summed E-state index contributed by atoms with van der Waals surface area (Å²) in [5.74, 6) is 0.621. The highest BCUT2D eigenvalue weighted by molar-refractivity contribution is 6.19. The fraction of sp³-hybridized carbons (Fsp3) is 0.0192. The third-order valence-electron chi connectivity index (χ3n) is 11.0. The number of oxazole rings is 1. The summed E-state index contributed by atoms with van der Waals surface area (Å²) in [7, 11) is 0. The fourth-order valence-electron chi connectivity index (χ4n) is 8.34. The molecular formula is C52H34N2O2. The van der Waals surface area contributed by atoms with Gasteiger partial charge in [0.25, 0.3) is 0 Å². The van der Waals surface area contributed by atoms with E-state index in [0.29, 0.717) is 5.89 Å². The van der Waals surface area contributed by atoms with Crippen molar-refractivity contribution in [3.63, 3.8) is 0 Å². The molecule has 0 atom stereocenters. The Balaban J connectivity index is 1.11. The van der Waals surface area contributed by atoms with Crippen LogP contribution in [0.5, 0.6) is 0 Å². The molecule has 9 aromatic carbocycles. The second-order valence-electron chi connectivity index (χ2n) is 14.4. The Bertz CT molecular complexity index is 3270. The van der Waals surface area contributed by atoms with Crippen LogP contribution < -0.4 is 4.90 Å². The van der Waals surface area contributed by atoms with Gasteiger partial charge < -0.3 is 13.7 Å². The topological polar surface area (TPSA) is 42.4 Å². The number of aryl methyl sites for hydroxylation is 1. The zero-order valence-electron chi connectivity index (χ0n) is 30.6. The van der Waals surface area contributed by atoms with Gasteiger partial charge >= 0.3 is 0 Å². The number of benzene rings is 9. The van der Waals surface area contributed by atoms with Crippen molar-refractivity contribution in [3.8, 4) is 33.7 Å². The predicted octanol–water partition coefficient (Wildman–Crippen LogP) is 14.8. The van der Waals surface area contributed by atoms with Crippen molar-refractivity contribution in [1.82, 2.24) is 4.98 Å². The largest absolute Gasteiger partial charge is 0.456 e. The van der Waals surface area contributed by atoms with Gasteiger partial charge in [-0.1, -0.05) is 121 Å². The zero-order chi connectivity index (χ0) is 37.2. The van der Waals surface area contributed by atoms with E-state index in [1.165, 1.54) is 16.7 Å². The lowest BCUT2D eigenvalue weighted by atomic mass is 9.95. The van der Waals surface area contributed by atoms with Crippen molar-refractivity contribution in [2.45, 2.75) is 6.92 Å². The molecule has 0 radical (unpaired) electrons. The molecule has 0 amide bonds. The molecular weight excluding hydrogens is 685 g/mol. The first kappa shape index (κ1) is 32.0. The van der Waals surface area contributed by atoms with Gasteiger partial charge in [0.1, 0.15) is 16.7 Å². The van der Waals surface area contributed by atoms with E-state index in [0.717, 1.165) is 88.3 Å². The van der Waals surface area contributed by atoms with Crippen molar-refractivity contribution in [2.75, 3.05) is 4.90 Å². The van der Waals surface area contributed by atoms with Crippen LogP contribution in [-0.2, 0) is 0 Å². The zero-order valence-corrected chi connectivity index (χ0v) is 30.6. The summed E-state index contributed by atoms with van der Waals surface area (Å²) < 4.78 is 12.9. The second kappa shape index (κ2) is 12.9. The number of aromatic nitrogens is 1. The van der Waals surface area contributed by atoms with Crippen LogP contribution in [0.25, 0.3) is 88.3 Å². The number of anilines is 3. The van der Waals surface area contributed by atoms with Gasteiger partial charge in [0.05, 0.1) is 0 Å². The average Bonchev–Trinajstić information content (AvgIpc) is 3.87. The molecule has 0 saturated heterocycles. The van der Waals surface area contributed by atoms with Gasteiger partial charge in [0.2, 0.25) is 5.89 Å². The molecule has 264 valence electrons.